The van der Waals surface area contributed by atoms with Crippen LogP contribution < -0.4 is 0 Å². The maximum absolute atomic E-state index is 12.8. The van der Waals surface area contributed by atoms with Gasteiger partial charge in [-0.05, 0) is 57.7 Å². The number of likely N-dealkylation sites (tertiary alicyclic amines) is 1. The summed E-state index contributed by atoms with van der Waals surface area (Å²) in [5, 5.41) is 9.51. The minimum atomic E-state index is -1.93. The van der Waals surface area contributed by atoms with E-state index in [0.29, 0.717) is 13.0 Å². The minimum Gasteiger partial charge on any atom is -0.444 e. The summed E-state index contributed by atoms with van der Waals surface area (Å²) in [6.07, 6.45) is 2.86. The SMILES string of the molecule is C=CC(CCO)C1CC(O[Si](C)(C)C(C)(C)C)CN1C(=O)OC(C)(C)C. The molecular weight excluding hydrogens is 346 g/mol. The third-order valence-corrected chi connectivity index (χ3v) is 9.99. The van der Waals surface area contributed by atoms with Crippen molar-refractivity contribution in [1.82, 2.24) is 4.90 Å². The maximum Gasteiger partial charge on any atom is 0.410 e. The fraction of sp³-hybridized carbons (Fsp3) is 0.850. The lowest BCUT2D eigenvalue weighted by molar-refractivity contribution is 0.0173. The van der Waals surface area contributed by atoms with Crippen LogP contribution >= 0.6 is 0 Å². The first-order valence-corrected chi connectivity index (χ1v) is 12.5. The molecule has 0 aliphatic carbocycles. The van der Waals surface area contributed by atoms with Crippen LogP contribution in [0.5, 0.6) is 0 Å². The molecule has 0 spiro atoms. The second kappa shape index (κ2) is 8.44. The van der Waals surface area contributed by atoms with E-state index < -0.39 is 13.9 Å². The predicted molar refractivity (Wildman–Crippen MR) is 109 cm³/mol. The van der Waals surface area contributed by atoms with Gasteiger partial charge in [0.15, 0.2) is 8.32 Å². The third kappa shape index (κ3) is 6.10. The zero-order chi connectivity index (χ0) is 20.3. The van der Waals surface area contributed by atoms with Gasteiger partial charge in [-0.3, -0.25) is 0 Å². The average Bonchev–Trinajstić information content (AvgIpc) is 2.84. The molecule has 3 unspecified atom stereocenters. The molecule has 26 heavy (non-hydrogen) atoms. The van der Waals surface area contributed by atoms with E-state index in [4.69, 9.17) is 9.16 Å². The van der Waals surface area contributed by atoms with E-state index in [-0.39, 0.29) is 35.8 Å². The van der Waals surface area contributed by atoms with Gasteiger partial charge in [0.05, 0.1) is 6.10 Å². The molecule has 1 rings (SSSR count). The lowest BCUT2D eigenvalue weighted by atomic mass is 9.94. The van der Waals surface area contributed by atoms with Crippen LogP contribution in [0.25, 0.3) is 0 Å². The van der Waals surface area contributed by atoms with Gasteiger partial charge < -0.3 is 19.2 Å². The summed E-state index contributed by atoms with van der Waals surface area (Å²) in [7, 11) is -1.93. The van der Waals surface area contributed by atoms with E-state index in [9.17, 15) is 9.90 Å². The molecule has 1 fully saturated rings. The number of ether oxygens (including phenoxy) is 1. The van der Waals surface area contributed by atoms with Crippen LogP contribution in [-0.2, 0) is 9.16 Å². The van der Waals surface area contributed by atoms with E-state index in [1.807, 2.05) is 26.8 Å². The van der Waals surface area contributed by atoms with Crippen LogP contribution in [0.3, 0.4) is 0 Å². The number of carbonyl (C=O) groups excluding carboxylic acids is 1. The Kier molecular flexibility index (Phi) is 7.53. The number of nitrogens with zero attached hydrogens (tertiary/aromatic N) is 1. The van der Waals surface area contributed by atoms with Gasteiger partial charge in [-0.15, -0.1) is 6.58 Å². The first kappa shape index (κ1) is 23.2. The molecule has 0 aromatic heterocycles. The minimum absolute atomic E-state index is 0.00504. The Balaban J connectivity index is 3.01. The first-order valence-electron chi connectivity index (χ1n) is 9.62. The Morgan fingerprint density at radius 1 is 1.31 bits per heavy atom. The van der Waals surface area contributed by atoms with E-state index in [0.717, 1.165) is 6.42 Å². The zero-order valence-corrected chi connectivity index (χ0v) is 19.0. The smallest absolute Gasteiger partial charge is 0.410 e. The summed E-state index contributed by atoms with van der Waals surface area (Å²) in [5.74, 6) is 0.0283. The number of amides is 1. The van der Waals surface area contributed by atoms with Crippen molar-refractivity contribution in [1.29, 1.82) is 0 Å². The zero-order valence-electron chi connectivity index (χ0n) is 18.0. The summed E-state index contributed by atoms with van der Waals surface area (Å²) < 4.78 is 12.2. The van der Waals surface area contributed by atoms with E-state index >= 15 is 0 Å². The predicted octanol–water partition coefficient (Wildman–Crippen LogP) is 4.57. The highest BCUT2D eigenvalue weighted by atomic mass is 28.4. The summed E-state index contributed by atoms with van der Waals surface area (Å²) in [6.45, 7) is 21.3. The van der Waals surface area contributed by atoms with Gasteiger partial charge in [-0.1, -0.05) is 26.8 Å². The fourth-order valence-corrected chi connectivity index (χ4v) is 4.42. The molecule has 0 aromatic carbocycles. The van der Waals surface area contributed by atoms with Crippen LogP contribution in [0.15, 0.2) is 12.7 Å². The monoisotopic (exact) mass is 385 g/mol. The van der Waals surface area contributed by atoms with Crippen LogP contribution in [0.2, 0.25) is 18.1 Å². The fourth-order valence-electron chi connectivity index (χ4n) is 3.06. The molecule has 1 amide bonds. The van der Waals surface area contributed by atoms with Crippen molar-refractivity contribution in [3.63, 3.8) is 0 Å². The van der Waals surface area contributed by atoms with Crippen molar-refractivity contribution >= 4 is 14.4 Å². The highest BCUT2D eigenvalue weighted by Gasteiger charge is 2.45. The van der Waals surface area contributed by atoms with Crippen LogP contribution in [0.4, 0.5) is 4.79 Å². The molecule has 1 N–H and O–H groups in total. The first-order chi connectivity index (χ1) is 11.7. The largest absolute Gasteiger partial charge is 0.444 e. The summed E-state index contributed by atoms with van der Waals surface area (Å²) >= 11 is 0. The Bertz CT molecular complexity index is 493. The summed E-state index contributed by atoms with van der Waals surface area (Å²) in [5.41, 5.74) is -0.541. The highest BCUT2D eigenvalue weighted by Crippen LogP contribution is 2.40. The van der Waals surface area contributed by atoms with Gasteiger partial charge in [0.25, 0.3) is 0 Å². The molecule has 152 valence electrons. The van der Waals surface area contributed by atoms with Gasteiger partial charge in [0.1, 0.15) is 5.60 Å². The molecule has 3 atom stereocenters. The lowest BCUT2D eigenvalue weighted by Crippen LogP contribution is -2.45. The van der Waals surface area contributed by atoms with Crippen LogP contribution in [0, 0.1) is 5.92 Å². The molecule has 1 heterocycles. The van der Waals surface area contributed by atoms with Crippen molar-refractivity contribution in [3.05, 3.63) is 12.7 Å². The average molecular weight is 386 g/mol. The summed E-state index contributed by atoms with van der Waals surface area (Å²) in [4.78, 5) is 14.5. The van der Waals surface area contributed by atoms with Gasteiger partial charge in [0, 0.05) is 19.2 Å². The number of aliphatic hydroxyl groups excluding tert-OH is 1. The molecular formula is C20H39NO4Si. The lowest BCUT2D eigenvalue weighted by Gasteiger charge is -2.38. The number of rotatable bonds is 6. The Morgan fingerprint density at radius 2 is 1.88 bits per heavy atom. The second-order valence-electron chi connectivity index (χ2n) is 9.85. The molecule has 0 bridgehead atoms. The second-order valence-corrected chi connectivity index (χ2v) is 14.6. The van der Waals surface area contributed by atoms with Gasteiger partial charge in [-0.2, -0.15) is 0 Å². The van der Waals surface area contributed by atoms with Crippen LogP contribution in [-0.4, -0.2) is 55.3 Å². The molecule has 0 radical (unpaired) electrons. The van der Waals surface area contributed by atoms with Crippen LogP contribution in [0.1, 0.15) is 54.4 Å². The normalized spacial score (nSPS) is 23.0. The molecule has 1 saturated heterocycles. The van der Waals surface area contributed by atoms with Gasteiger partial charge in [-0.25, -0.2) is 4.79 Å². The maximum atomic E-state index is 12.8. The van der Waals surface area contributed by atoms with Crippen molar-refractivity contribution in [3.8, 4) is 0 Å². The number of hydrogen-bond donors (Lipinski definition) is 1. The van der Waals surface area contributed by atoms with E-state index in [2.05, 4.69) is 40.4 Å². The summed E-state index contributed by atoms with van der Waals surface area (Å²) in [6, 6.07) is -0.0516. The van der Waals surface area contributed by atoms with Crippen molar-refractivity contribution in [2.24, 2.45) is 5.92 Å². The van der Waals surface area contributed by atoms with Crippen molar-refractivity contribution < 1.29 is 19.1 Å². The van der Waals surface area contributed by atoms with E-state index in [1.54, 1.807) is 4.90 Å². The van der Waals surface area contributed by atoms with Gasteiger partial charge in [0.2, 0.25) is 0 Å². The molecule has 5 nitrogen and oxygen atoms in total. The number of carbonyl (C=O) groups is 1. The quantitative estimate of drug-likeness (QED) is 0.537. The molecule has 1 aliphatic rings. The van der Waals surface area contributed by atoms with Gasteiger partial charge >= 0.3 is 6.09 Å². The topological polar surface area (TPSA) is 59.0 Å². The number of hydrogen-bond acceptors (Lipinski definition) is 4. The number of aliphatic hydroxyl groups is 1. The Hall–Kier alpha value is -0.853. The standard InChI is InChI=1S/C20H39NO4Si/c1-10-15(11-12-22)17-13-16(25-26(8,9)20(5,6)7)14-21(17)18(23)24-19(2,3)4/h10,15-17,22H,1,11-14H2,2-9H3. The third-order valence-electron chi connectivity index (χ3n) is 5.46. The Morgan fingerprint density at radius 3 is 2.31 bits per heavy atom. The Labute approximate surface area is 160 Å². The van der Waals surface area contributed by atoms with Crippen molar-refractivity contribution in [2.75, 3.05) is 13.2 Å². The molecule has 0 aromatic rings. The highest BCUT2D eigenvalue weighted by molar-refractivity contribution is 6.74. The molecule has 6 heteroatoms. The van der Waals surface area contributed by atoms with Crippen molar-refractivity contribution in [2.45, 2.75) is 90.3 Å². The molecule has 0 saturated carbocycles. The van der Waals surface area contributed by atoms with E-state index in [1.165, 1.54) is 0 Å². The molecule has 1 aliphatic heterocycles.